The molecule has 1 heterocycles. The van der Waals surface area contributed by atoms with Gasteiger partial charge in [-0.25, -0.2) is 4.79 Å². The van der Waals surface area contributed by atoms with Gasteiger partial charge in [-0.1, -0.05) is 6.07 Å². The van der Waals surface area contributed by atoms with Crippen molar-refractivity contribution in [3.63, 3.8) is 0 Å². The number of hydrogen-bond acceptors (Lipinski definition) is 3. The number of hydrogen-bond donors (Lipinski definition) is 3. The summed E-state index contributed by atoms with van der Waals surface area (Å²) in [6, 6.07) is 8.68. The molecule has 0 aliphatic rings. The van der Waals surface area contributed by atoms with E-state index in [0.29, 0.717) is 11.4 Å². The predicted octanol–water partition coefficient (Wildman–Crippen LogP) is 2.93. The maximum absolute atomic E-state index is 11.9. The van der Waals surface area contributed by atoms with Gasteiger partial charge in [0.2, 0.25) is 0 Å². The molecule has 0 aliphatic carbocycles. The zero-order valence-electron chi connectivity index (χ0n) is 12.4. The maximum Gasteiger partial charge on any atom is 0.319 e. The second-order valence-electron chi connectivity index (χ2n) is 5.36. The van der Waals surface area contributed by atoms with Gasteiger partial charge in [0, 0.05) is 5.69 Å². The molecule has 1 aromatic heterocycles. The van der Waals surface area contributed by atoms with Crippen LogP contribution in [0.5, 0.6) is 0 Å². The third kappa shape index (κ3) is 3.86. The molecule has 3 N–H and O–H groups in total. The van der Waals surface area contributed by atoms with Crippen LogP contribution in [0.25, 0.3) is 0 Å². The molecule has 0 aliphatic heterocycles. The van der Waals surface area contributed by atoms with Gasteiger partial charge >= 0.3 is 6.03 Å². The van der Waals surface area contributed by atoms with Gasteiger partial charge < -0.3 is 20.2 Å². The lowest BCUT2D eigenvalue weighted by Crippen LogP contribution is -2.40. The monoisotopic (exact) mass is 288 g/mol. The molecule has 2 rings (SSSR count). The SMILES string of the molecule is Cc1ccc(NC(=O)NCC(C)(O)c2ccco2)cc1C. The summed E-state index contributed by atoms with van der Waals surface area (Å²) in [6.45, 7) is 5.64. The highest BCUT2D eigenvalue weighted by Gasteiger charge is 2.26. The summed E-state index contributed by atoms with van der Waals surface area (Å²) < 4.78 is 5.16. The van der Waals surface area contributed by atoms with Gasteiger partial charge in [-0.05, 0) is 56.2 Å². The van der Waals surface area contributed by atoms with E-state index in [4.69, 9.17) is 4.42 Å². The van der Waals surface area contributed by atoms with Crippen LogP contribution in [-0.4, -0.2) is 17.7 Å². The zero-order valence-corrected chi connectivity index (χ0v) is 12.4. The van der Waals surface area contributed by atoms with Crippen molar-refractivity contribution in [1.82, 2.24) is 5.32 Å². The van der Waals surface area contributed by atoms with Crippen molar-refractivity contribution in [2.75, 3.05) is 11.9 Å². The van der Waals surface area contributed by atoms with Crippen LogP contribution in [0, 0.1) is 13.8 Å². The summed E-state index contributed by atoms with van der Waals surface area (Å²) >= 11 is 0. The summed E-state index contributed by atoms with van der Waals surface area (Å²) in [5.74, 6) is 0.411. The number of rotatable bonds is 4. The van der Waals surface area contributed by atoms with Crippen molar-refractivity contribution in [2.45, 2.75) is 26.4 Å². The Hall–Kier alpha value is -2.27. The molecule has 0 saturated heterocycles. The molecule has 21 heavy (non-hydrogen) atoms. The standard InChI is InChI=1S/C16H20N2O3/c1-11-6-7-13(9-12(11)2)18-15(19)17-10-16(3,20)14-5-4-8-21-14/h4-9,20H,10H2,1-3H3,(H2,17,18,19). The fraction of sp³-hybridized carbons (Fsp3) is 0.312. The lowest BCUT2D eigenvalue weighted by atomic mass is 10.0. The highest BCUT2D eigenvalue weighted by Crippen LogP contribution is 2.20. The number of aliphatic hydroxyl groups is 1. The number of urea groups is 1. The maximum atomic E-state index is 11.9. The number of nitrogens with one attached hydrogen (secondary N) is 2. The van der Waals surface area contributed by atoms with Crippen molar-refractivity contribution in [3.8, 4) is 0 Å². The number of amides is 2. The Kier molecular flexibility index (Phi) is 4.33. The molecule has 0 bridgehead atoms. The van der Waals surface area contributed by atoms with Crippen LogP contribution >= 0.6 is 0 Å². The Morgan fingerprint density at radius 3 is 2.67 bits per heavy atom. The first kappa shape index (κ1) is 15.1. The fourth-order valence-electron chi connectivity index (χ4n) is 1.92. The van der Waals surface area contributed by atoms with Gasteiger partial charge in [-0.15, -0.1) is 0 Å². The lowest BCUT2D eigenvalue weighted by molar-refractivity contribution is 0.0372. The second kappa shape index (κ2) is 6.01. The van der Waals surface area contributed by atoms with Crippen molar-refractivity contribution in [3.05, 3.63) is 53.5 Å². The minimum atomic E-state index is -1.25. The summed E-state index contributed by atoms with van der Waals surface area (Å²) in [5, 5.41) is 15.6. The number of benzene rings is 1. The number of aryl methyl sites for hydroxylation is 2. The highest BCUT2D eigenvalue weighted by atomic mass is 16.4. The van der Waals surface area contributed by atoms with E-state index in [9.17, 15) is 9.90 Å². The molecule has 0 saturated carbocycles. The summed E-state index contributed by atoms with van der Waals surface area (Å²) in [6.07, 6.45) is 1.49. The van der Waals surface area contributed by atoms with Crippen molar-refractivity contribution in [2.24, 2.45) is 0 Å². The van der Waals surface area contributed by atoms with E-state index in [1.165, 1.54) is 11.8 Å². The molecular formula is C16H20N2O3. The second-order valence-corrected chi connectivity index (χ2v) is 5.36. The van der Waals surface area contributed by atoms with Crippen LogP contribution in [0.4, 0.5) is 10.5 Å². The Morgan fingerprint density at radius 1 is 1.29 bits per heavy atom. The van der Waals surface area contributed by atoms with E-state index >= 15 is 0 Å². The van der Waals surface area contributed by atoms with Gasteiger partial charge in [0.1, 0.15) is 11.4 Å². The van der Waals surface area contributed by atoms with E-state index in [2.05, 4.69) is 10.6 Å². The molecule has 0 fully saturated rings. The molecule has 1 atom stereocenters. The minimum absolute atomic E-state index is 0.0528. The van der Waals surface area contributed by atoms with E-state index in [-0.39, 0.29) is 12.6 Å². The van der Waals surface area contributed by atoms with E-state index in [1.807, 2.05) is 32.0 Å². The highest BCUT2D eigenvalue weighted by molar-refractivity contribution is 5.89. The molecule has 1 unspecified atom stereocenters. The van der Waals surface area contributed by atoms with Gasteiger partial charge in [0.15, 0.2) is 0 Å². The number of carbonyl (C=O) groups excluding carboxylic acids is 1. The average molecular weight is 288 g/mol. The molecule has 2 amide bonds. The molecule has 0 radical (unpaired) electrons. The minimum Gasteiger partial charge on any atom is -0.466 e. The van der Waals surface area contributed by atoms with Gasteiger partial charge in [-0.2, -0.15) is 0 Å². The molecule has 5 heteroatoms. The third-order valence-electron chi connectivity index (χ3n) is 3.41. The van der Waals surface area contributed by atoms with Crippen LogP contribution in [0.3, 0.4) is 0 Å². The van der Waals surface area contributed by atoms with Crippen LogP contribution in [0.1, 0.15) is 23.8 Å². The first-order chi connectivity index (χ1) is 9.88. The number of furan rings is 1. The third-order valence-corrected chi connectivity index (χ3v) is 3.41. The van der Waals surface area contributed by atoms with Crippen molar-refractivity contribution in [1.29, 1.82) is 0 Å². The van der Waals surface area contributed by atoms with E-state index < -0.39 is 5.60 Å². The largest absolute Gasteiger partial charge is 0.466 e. The van der Waals surface area contributed by atoms with Gasteiger partial charge in [-0.3, -0.25) is 0 Å². The predicted molar refractivity (Wildman–Crippen MR) is 81.2 cm³/mol. The van der Waals surface area contributed by atoms with Crippen LogP contribution in [0.15, 0.2) is 41.0 Å². The lowest BCUT2D eigenvalue weighted by Gasteiger charge is -2.21. The summed E-state index contributed by atoms with van der Waals surface area (Å²) in [4.78, 5) is 11.9. The summed E-state index contributed by atoms with van der Waals surface area (Å²) in [5.41, 5.74) is 1.75. The Bertz CT molecular complexity index is 618. The number of carbonyl (C=O) groups is 1. The molecule has 2 aromatic rings. The smallest absolute Gasteiger partial charge is 0.319 e. The molecule has 0 spiro atoms. The normalized spacial score (nSPS) is 13.5. The van der Waals surface area contributed by atoms with Gasteiger partial charge in [0.05, 0.1) is 12.8 Å². The molecule has 5 nitrogen and oxygen atoms in total. The van der Waals surface area contributed by atoms with Crippen molar-refractivity contribution >= 4 is 11.7 Å². The Labute approximate surface area is 124 Å². The average Bonchev–Trinajstić information content (AvgIpc) is 2.96. The Balaban J connectivity index is 1.91. The van der Waals surface area contributed by atoms with E-state index in [0.717, 1.165) is 5.56 Å². The number of anilines is 1. The van der Waals surface area contributed by atoms with Crippen LogP contribution in [-0.2, 0) is 5.60 Å². The fourth-order valence-corrected chi connectivity index (χ4v) is 1.92. The Morgan fingerprint density at radius 2 is 2.05 bits per heavy atom. The quantitative estimate of drug-likeness (QED) is 0.809. The van der Waals surface area contributed by atoms with Gasteiger partial charge in [0.25, 0.3) is 0 Å². The first-order valence-corrected chi connectivity index (χ1v) is 6.77. The van der Waals surface area contributed by atoms with Crippen LogP contribution < -0.4 is 10.6 Å². The topological polar surface area (TPSA) is 74.5 Å². The van der Waals surface area contributed by atoms with Crippen molar-refractivity contribution < 1.29 is 14.3 Å². The first-order valence-electron chi connectivity index (χ1n) is 6.77. The molecular weight excluding hydrogens is 268 g/mol. The van der Waals surface area contributed by atoms with E-state index in [1.54, 1.807) is 19.1 Å². The summed E-state index contributed by atoms with van der Waals surface area (Å²) in [7, 11) is 0. The molecule has 112 valence electrons. The molecule has 1 aromatic carbocycles. The van der Waals surface area contributed by atoms with Crippen LogP contribution in [0.2, 0.25) is 0 Å². The zero-order chi connectivity index (χ0) is 15.5.